The molecular weight excluding hydrogens is 442 g/mol. The third-order valence-corrected chi connectivity index (χ3v) is 7.00. The number of rotatable bonds is 3. The standard InChI is InChI=1S/C12H7Br2Cl3S/c13-7-5-11(18-12(7)14)10(17)4-6-1-2-8(15)9(16)3-6/h1-3,5,10H,4H2. The Bertz CT molecular complexity index is 549. The average Bonchev–Trinajstić information content (AvgIpc) is 2.65. The Labute approximate surface area is 142 Å². The van der Waals surface area contributed by atoms with Crippen LogP contribution in [0.5, 0.6) is 0 Å². The molecule has 0 saturated carbocycles. The lowest BCUT2D eigenvalue weighted by molar-refractivity contribution is 0.940. The fourth-order valence-corrected chi connectivity index (χ4v) is 4.25. The summed E-state index contributed by atoms with van der Waals surface area (Å²) in [6.45, 7) is 0. The smallest absolute Gasteiger partial charge is 0.0843 e. The molecule has 1 atom stereocenters. The predicted molar refractivity (Wildman–Crippen MR) is 88.5 cm³/mol. The van der Waals surface area contributed by atoms with Gasteiger partial charge in [0.05, 0.1) is 19.2 Å². The van der Waals surface area contributed by atoms with Gasteiger partial charge >= 0.3 is 0 Å². The molecule has 96 valence electrons. The molecule has 0 aliphatic rings. The fourth-order valence-electron chi connectivity index (χ4n) is 1.49. The SMILES string of the molecule is Clc1ccc(CC(Cl)c2cc(Br)c(Br)s2)cc1Cl. The summed E-state index contributed by atoms with van der Waals surface area (Å²) in [6.07, 6.45) is 0.720. The van der Waals surface area contributed by atoms with Crippen LogP contribution in [0.2, 0.25) is 10.0 Å². The van der Waals surface area contributed by atoms with Crippen LogP contribution in [-0.4, -0.2) is 0 Å². The quantitative estimate of drug-likeness (QED) is 0.439. The van der Waals surface area contributed by atoms with Gasteiger partial charge in [-0.25, -0.2) is 0 Å². The Hall–Kier alpha value is 0.750. The largest absolute Gasteiger partial charge is 0.130 e. The number of benzene rings is 1. The van der Waals surface area contributed by atoms with Gasteiger partial charge in [-0.3, -0.25) is 0 Å². The summed E-state index contributed by atoms with van der Waals surface area (Å²) in [5.74, 6) is 0. The topological polar surface area (TPSA) is 0 Å². The lowest BCUT2D eigenvalue weighted by Gasteiger charge is -2.08. The molecule has 0 amide bonds. The van der Waals surface area contributed by atoms with Crippen LogP contribution in [0.15, 0.2) is 32.5 Å². The van der Waals surface area contributed by atoms with Crippen molar-refractivity contribution >= 4 is 78.0 Å². The minimum atomic E-state index is -0.0742. The third-order valence-electron chi connectivity index (χ3n) is 2.37. The summed E-state index contributed by atoms with van der Waals surface area (Å²) < 4.78 is 2.08. The van der Waals surface area contributed by atoms with E-state index in [2.05, 4.69) is 31.9 Å². The number of alkyl halides is 1. The minimum Gasteiger partial charge on any atom is -0.130 e. The number of halogens is 5. The summed E-state index contributed by atoms with van der Waals surface area (Å²) in [5, 5.41) is 1.05. The van der Waals surface area contributed by atoms with Crippen molar-refractivity contribution in [3.05, 3.63) is 53.0 Å². The molecule has 0 aliphatic heterocycles. The first-order valence-electron chi connectivity index (χ1n) is 5.00. The van der Waals surface area contributed by atoms with Gasteiger partial charge in [0, 0.05) is 9.35 Å². The molecule has 0 radical (unpaired) electrons. The van der Waals surface area contributed by atoms with E-state index in [1.54, 1.807) is 17.4 Å². The Morgan fingerprint density at radius 2 is 1.83 bits per heavy atom. The first kappa shape index (κ1) is 15.1. The van der Waals surface area contributed by atoms with Crippen LogP contribution in [0.25, 0.3) is 0 Å². The van der Waals surface area contributed by atoms with Crippen molar-refractivity contribution in [2.45, 2.75) is 11.8 Å². The van der Waals surface area contributed by atoms with Crippen LogP contribution in [0.4, 0.5) is 0 Å². The molecular formula is C12H7Br2Cl3S. The van der Waals surface area contributed by atoms with E-state index in [1.165, 1.54) is 0 Å². The molecule has 1 unspecified atom stereocenters. The first-order valence-corrected chi connectivity index (χ1v) is 8.59. The highest BCUT2D eigenvalue weighted by molar-refractivity contribution is 9.13. The molecule has 0 bridgehead atoms. The molecule has 0 fully saturated rings. The predicted octanol–water partition coefficient (Wildman–Crippen LogP) is 7.10. The number of hydrogen-bond acceptors (Lipinski definition) is 1. The number of thiophene rings is 1. The van der Waals surface area contributed by atoms with E-state index < -0.39 is 0 Å². The molecule has 1 heterocycles. The van der Waals surface area contributed by atoms with Gasteiger partial charge in [-0.05, 0) is 62.0 Å². The van der Waals surface area contributed by atoms with E-state index in [0.717, 1.165) is 25.1 Å². The minimum absolute atomic E-state index is 0.0742. The zero-order valence-corrected chi connectivity index (χ0v) is 15.1. The van der Waals surface area contributed by atoms with Crippen molar-refractivity contribution in [2.24, 2.45) is 0 Å². The maximum Gasteiger partial charge on any atom is 0.0843 e. The van der Waals surface area contributed by atoms with Crippen molar-refractivity contribution in [1.82, 2.24) is 0 Å². The fraction of sp³-hybridized carbons (Fsp3) is 0.167. The van der Waals surface area contributed by atoms with Crippen LogP contribution in [0.3, 0.4) is 0 Å². The van der Waals surface area contributed by atoms with Crippen molar-refractivity contribution < 1.29 is 0 Å². The van der Waals surface area contributed by atoms with E-state index in [0.29, 0.717) is 10.0 Å². The van der Waals surface area contributed by atoms with E-state index in [9.17, 15) is 0 Å². The van der Waals surface area contributed by atoms with Gasteiger partial charge in [0.2, 0.25) is 0 Å². The van der Waals surface area contributed by atoms with Crippen LogP contribution in [0.1, 0.15) is 15.8 Å². The second-order valence-corrected chi connectivity index (χ2v) is 8.29. The van der Waals surface area contributed by atoms with E-state index >= 15 is 0 Å². The Morgan fingerprint density at radius 3 is 2.39 bits per heavy atom. The zero-order valence-electron chi connectivity index (χ0n) is 8.89. The van der Waals surface area contributed by atoms with Crippen LogP contribution in [0, 0.1) is 0 Å². The normalized spacial score (nSPS) is 12.7. The summed E-state index contributed by atoms with van der Waals surface area (Å²) in [4.78, 5) is 1.11. The maximum absolute atomic E-state index is 6.41. The first-order chi connectivity index (χ1) is 8.47. The van der Waals surface area contributed by atoms with Crippen LogP contribution in [-0.2, 0) is 6.42 Å². The molecule has 0 N–H and O–H groups in total. The monoisotopic (exact) mass is 446 g/mol. The molecule has 18 heavy (non-hydrogen) atoms. The van der Waals surface area contributed by atoms with Gasteiger partial charge in [0.25, 0.3) is 0 Å². The van der Waals surface area contributed by atoms with E-state index in [4.69, 9.17) is 34.8 Å². The van der Waals surface area contributed by atoms with Crippen molar-refractivity contribution in [3.8, 4) is 0 Å². The molecule has 2 aromatic rings. The van der Waals surface area contributed by atoms with Gasteiger partial charge in [0.15, 0.2) is 0 Å². The van der Waals surface area contributed by atoms with Crippen LogP contribution < -0.4 is 0 Å². The van der Waals surface area contributed by atoms with E-state index in [-0.39, 0.29) is 5.38 Å². The van der Waals surface area contributed by atoms with Crippen molar-refractivity contribution in [3.63, 3.8) is 0 Å². The van der Waals surface area contributed by atoms with Gasteiger partial charge in [-0.2, -0.15) is 0 Å². The second kappa shape index (κ2) is 6.47. The summed E-state index contributed by atoms with van der Waals surface area (Å²) in [6, 6.07) is 7.63. The van der Waals surface area contributed by atoms with Gasteiger partial charge in [-0.1, -0.05) is 29.3 Å². The Balaban J connectivity index is 2.15. The highest BCUT2D eigenvalue weighted by atomic mass is 79.9. The maximum atomic E-state index is 6.41. The van der Waals surface area contributed by atoms with E-state index in [1.807, 2.05) is 18.2 Å². The van der Waals surface area contributed by atoms with Crippen molar-refractivity contribution in [1.29, 1.82) is 0 Å². The Kier molecular flexibility index (Phi) is 5.44. The third kappa shape index (κ3) is 3.65. The van der Waals surface area contributed by atoms with Crippen molar-refractivity contribution in [2.75, 3.05) is 0 Å². The lowest BCUT2D eigenvalue weighted by atomic mass is 10.1. The molecule has 0 aliphatic carbocycles. The zero-order chi connectivity index (χ0) is 13.3. The summed E-state index contributed by atoms with van der Waals surface area (Å²) in [5.41, 5.74) is 1.07. The van der Waals surface area contributed by atoms with Gasteiger partial charge in [0.1, 0.15) is 0 Å². The molecule has 6 heteroatoms. The Morgan fingerprint density at radius 1 is 1.11 bits per heavy atom. The average molecular weight is 449 g/mol. The lowest BCUT2D eigenvalue weighted by Crippen LogP contribution is -1.93. The molecule has 0 nitrogen and oxygen atoms in total. The highest BCUT2D eigenvalue weighted by Gasteiger charge is 2.14. The van der Waals surface area contributed by atoms with Gasteiger partial charge < -0.3 is 0 Å². The molecule has 0 saturated heterocycles. The second-order valence-electron chi connectivity index (χ2n) is 3.69. The highest BCUT2D eigenvalue weighted by Crippen LogP contribution is 2.39. The molecule has 1 aromatic heterocycles. The molecule has 0 spiro atoms. The van der Waals surface area contributed by atoms with Gasteiger partial charge in [-0.15, -0.1) is 22.9 Å². The number of hydrogen-bond donors (Lipinski definition) is 0. The van der Waals surface area contributed by atoms with Crippen LogP contribution >= 0.6 is 78.0 Å². The summed E-state index contributed by atoms with van der Waals surface area (Å²) in [7, 11) is 0. The summed E-state index contributed by atoms with van der Waals surface area (Å²) >= 11 is 26.8. The molecule has 2 rings (SSSR count). The molecule has 1 aromatic carbocycles.